The summed E-state index contributed by atoms with van der Waals surface area (Å²) in [5, 5.41) is 0. The Hall–Kier alpha value is -1.20. The van der Waals surface area contributed by atoms with Gasteiger partial charge in [0, 0.05) is 26.2 Å². The molecule has 0 spiro atoms. The van der Waals surface area contributed by atoms with Gasteiger partial charge < -0.3 is 9.47 Å². The SMILES string of the molecule is Fc1cccc(F)c1OC1CN(CC2CCCCO2)C1. The lowest BCUT2D eigenvalue weighted by Gasteiger charge is -2.41. The lowest BCUT2D eigenvalue weighted by Crippen LogP contribution is -2.56. The van der Waals surface area contributed by atoms with Gasteiger partial charge in [-0.3, -0.25) is 4.90 Å². The zero-order valence-electron chi connectivity index (χ0n) is 11.4. The van der Waals surface area contributed by atoms with Crippen molar-refractivity contribution in [3.63, 3.8) is 0 Å². The van der Waals surface area contributed by atoms with Crippen LogP contribution < -0.4 is 4.74 Å². The zero-order valence-corrected chi connectivity index (χ0v) is 11.4. The van der Waals surface area contributed by atoms with Crippen molar-refractivity contribution in [1.82, 2.24) is 4.90 Å². The monoisotopic (exact) mass is 283 g/mol. The number of hydrogen-bond donors (Lipinski definition) is 0. The first-order valence-corrected chi connectivity index (χ1v) is 7.17. The molecular weight excluding hydrogens is 264 g/mol. The van der Waals surface area contributed by atoms with Crippen LogP contribution in [-0.2, 0) is 4.74 Å². The van der Waals surface area contributed by atoms with E-state index in [0.29, 0.717) is 19.2 Å². The third-order valence-electron chi connectivity index (χ3n) is 3.86. The van der Waals surface area contributed by atoms with Crippen LogP contribution in [0.25, 0.3) is 0 Å². The molecule has 2 fully saturated rings. The molecule has 2 saturated heterocycles. The van der Waals surface area contributed by atoms with Crippen LogP contribution in [0.1, 0.15) is 19.3 Å². The number of rotatable bonds is 4. The quantitative estimate of drug-likeness (QED) is 0.848. The highest BCUT2D eigenvalue weighted by atomic mass is 19.1. The number of nitrogens with zero attached hydrogens (tertiary/aromatic N) is 1. The molecule has 0 radical (unpaired) electrons. The van der Waals surface area contributed by atoms with E-state index in [2.05, 4.69) is 4.90 Å². The van der Waals surface area contributed by atoms with E-state index < -0.39 is 11.6 Å². The van der Waals surface area contributed by atoms with Crippen LogP contribution in [0.3, 0.4) is 0 Å². The maximum atomic E-state index is 13.4. The second kappa shape index (κ2) is 6.06. The summed E-state index contributed by atoms with van der Waals surface area (Å²) in [6.45, 7) is 3.14. The summed E-state index contributed by atoms with van der Waals surface area (Å²) in [5.74, 6) is -1.54. The third-order valence-corrected chi connectivity index (χ3v) is 3.86. The Morgan fingerprint density at radius 1 is 1.20 bits per heavy atom. The predicted molar refractivity (Wildman–Crippen MR) is 70.8 cm³/mol. The van der Waals surface area contributed by atoms with Crippen molar-refractivity contribution in [2.75, 3.05) is 26.2 Å². The Morgan fingerprint density at radius 2 is 1.95 bits per heavy atom. The molecule has 0 bridgehead atoms. The Labute approximate surface area is 117 Å². The molecule has 0 aromatic heterocycles. The van der Waals surface area contributed by atoms with Crippen LogP contribution in [0.5, 0.6) is 5.75 Å². The summed E-state index contributed by atoms with van der Waals surface area (Å²) in [6.07, 6.45) is 3.64. The summed E-state index contributed by atoms with van der Waals surface area (Å²) in [6, 6.07) is 3.76. The molecule has 3 rings (SSSR count). The average molecular weight is 283 g/mol. The summed E-state index contributed by atoms with van der Waals surface area (Å²) < 4.78 is 38.0. The van der Waals surface area contributed by atoms with Crippen molar-refractivity contribution in [2.45, 2.75) is 31.5 Å². The van der Waals surface area contributed by atoms with E-state index in [1.165, 1.54) is 24.6 Å². The molecule has 2 aliphatic rings. The lowest BCUT2D eigenvalue weighted by atomic mass is 10.1. The molecule has 1 aromatic carbocycles. The number of hydrogen-bond acceptors (Lipinski definition) is 3. The van der Waals surface area contributed by atoms with Crippen molar-refractivity contribution in [2.24, 2.45) is 0 Å². The number of halogens is 2. The van der Waals surface area contributed by atoms with Crippen LogP contribution in [0.4, 0.5) is 8.78 Å². The highest BCUT2D eigenvalue weighted by Gasteiger charge is 2.32. The minimum absolute atomic E-state index is 0.134. The van der Waals surface area contributed by atoms with Crippen LogP contribution in [0.15, 0.2) is 18.2 Å². The smallest absolute Gasteiger partial charge is 0.191 e. The zero-order chi connectivity index (χ0) is 13.9. The van der Waals surface area contributed by atoms with Crippen molar-refractivity contribution in [3.8, 4) is 5.75 Å². The van der Waals surface area contributed by atoms with Crippen LogP contribution >= 0.6 is 0 Å². The van der Waals surface area contributed by atoms with Crippen LogP contribution in [-0.4, -0.2) is 43.3 Å². The fourth-order valence-corrected chi connectivity index (χ4v) is 2.75. The Bertz CT molecular complexity index is 437. The maximum absolute atomic E-state index is 13.4. The predicted octanol–water partition coefficient (Wildman–Crippen LogP) is 2.60. The van der Waals surface area contributed by atoms with Gasteiger partial charge in [-0.1, -0.05) is 6.07 Å². The van der Waals surface area contributed by atoms with Gasteiger partial charge in [0.2, 0.25) is 0 Å². The highest BCUT2D eigenvalue weighted by Crippen LogP contribution is 2.25. The van der Waals surface area contributed by atoms with Crippen molar-refractivity contribution < 1.29 is 18.3 Å². The number of likely N-dealkylation sites (tertiary alicyclic amines) is 1. The summed E-state index contributed by atoms with van der Waals surface area (Å²) in [4.78, 5) is 2.21. The van der Waals surface area contributed by atoms with Crippen LogP contribution in [0.2, 0.25) is 0 Å². The van der Waals surface area contributed by atoms with E-state index in [4.69, 9.17) is 9.47 Å². The maximum Gasteiger partial charge on any atom is 0.191 e. The highest BCUT2D eigenvalue weighted by molar-refractivity contribution is 5.26. The second-order valence-corrected chi connectivity index (χ2v) is 5.50. The molecule has 1 aromatic rings. The van der Waals surface area contributed by atoms with E-state index in [9.17, 15) is 8.78 Å². The Balaban J connectivity index is 1.46. The Morgan fingerprint density at radius 3 is 2.60 bits per heavy atom. The van der Waals surface area contributed by atoms with Gasteiger partial charge in [-0.25, -0.2) is 8.78 Å². The van der Waals surface area contributed by atoms with Crippen molar-refractivity contribution in [3.05, 3.63) is 29.8 Å². The van der Waals surface area contributed by atoms with Crippen LogP contribution in [0, 0.1) is 11.6 Å². The molecule has 20 heavy (non-hydrogen) atoms. The largest absolute Gasteiger partial charge is 0.482 e. The molecule has 0 N–H and O–H groups in total. The summed E-state index contributed by atoms with van der Waals surface area (Å²) in [7, 11) is 0. The molecule has 0 saturated carbocycles. The summed E-state index contributed by atoms with van der Waals surface area (Å²) in [5.41, 5.74) is 0. The van der Waals surface area contributed by atoms with Gasteiger partial charge in [-0.05, 0) is 31.4 Å². The van der Waals surface area contributed by atoms with Gasteiger partial charge in [-0.2, -0.15) is 0 Å². The molecule has 1 atom stereocenters. The summed E-state index contributed by atoms with van der Waals surface area (Å²) >= 11 is 0. The molecule has 1 unspecified atom stereocenters. The van der Waals surface area contributed by atoms with Gasteiger partial charge in [0.15, 0.2) is 17.4 Å². The fraction of sp³-hybridized carbons (Fsp3) is 0.600. The van der Waals surface area contributed by atoms with Gasteiger partial charge in [0.05, 0.1) is 6.10 Å². The van der Waals surface area contributed by atoms with E-state index in [0.717, 1.165) is 26.0 Å². The topological polar surface area (TPSA) is 21.7 Å². The van der Waals surface area contributed by atoms with E-state index in [1.807, 2.05) is 0 Å². The molecule has 5 heteroatoms. The molecule has 2 aliphatic heterocycles. The lowest BCUT2D eigenvalue weighted by molar-refractivity contribution is -0.0489. The standard InChI is InChI=1S/C15H19F2NO2/c16-13-5-3-6-14(17)15(13)20-12-9-18(10-12)8-11-4-1-2-7-19-11/h3,5-6,11-12H,1-2,4,7-10H2. The Kier molecular flexibility index (Phi) is 4.17. The molecule has 3 nitrogen and oxygen atoms in total. The molecule has 0 aliphatic carbocycles. The molecule has 110 valence electrons. The average Bonchev–Trinajstić information content (AvgIpc) is 2.41. The normalized spacial score (nSPS) is 24.4. The van der Waals surface area contributed by atoms with Gasteiger partial charge >= 0.3 is 0 Å². The van der Waals surface area contributed by atoms with E-state index in [-0.39, 0.29) is 11.9 Å². The first-order valence-electron chi connectivity index (χ1n) is 7.17. The van der Waals surface area contributed by atoms with E-state index in [1.54, 1.807) is 0 Å². The van der Waals surface area contributed by atoms with Crippen molar-refractivity contribution in [1.29, 1.82) is 0 Å². The minimum Gasteiger partial charge on any atom is -0.482 e. The second-order valence-electron chi connectivity index (χ2n) is 5.50. The first-order chi connectivity index (χ1) is 9.72. The third kappa shape index (κ3) is 3.10. The van der Waals surface area contributed by atoms with Gasteiger partial charge in [0.1, 0.15) is 6.10 Å². The van der Waals surface area contributed by atoms with Crippen molar-refractivity contribution >= 4 is 0 Å². The number of para-hydroxylation sites is 1. The molecule has 2 heterocycles. The number of benzene rings is 1. The molecular formula is C15H19F2NO2. The minimum atomic E-state index is -0.640. The first kappa shape index (κ1) is 13.8. The van der Waals surface area contributed by atoms with Gasteiger partial charge in [0.25, 0.3) is 0 Å². The fourth-order valence-electron chi connectivity index (χ4n) is 2.75. The molecule has 0 amide bonds. The van der Waals surface area contributed by atoms with Gasteiger partial charge in [-0.15, -0.1) is 0 Å². The number of ether oxygens (including phenoxy) is 2. The van der Waals surface area contributed by atoms with E-state index >= 15 is 0 Å².